The highest BCUT2D eigenvalue weighted by Crippen LogP contribution is 2.32. The summed E-state index contributed by atoms with van der Waals surface area (Å²) in [6.07, 6.45) is -4.35. The Morgan fingerprint density at radius 3 is 2.05 bits per heavy atom. The molecule has 0 fully saturated rings. The summed E-state index contributed by atoms with van der Waals surface area (Å²) in [6, 6.07) is 4.87. The molecule has 0 aliphatic carbocycles. The number of halogens is 4. The van der Waals surface area contributed by atoms with Crippen molar-refractivity contribution in [3.05, 3.63) is 35.7 Å². The van der Waals surface area contributed by atoms with Crippen molar-refractivity contribution in [2.45, 2.75) is 38.4 Å². The van der Waals surface area contributed by atoms with Crippen molar-refractivity contribution in [2.24, 2.45) is 0 Å². The molecule has 2 aromatic rings. The molecule has 0 saturated heterocycles. The van der Waals surface area contributed by atoms with Gasteiger partial charge in [0.2, 0.25) is 0 Å². The van der Waals surface area contributed by atoms with E-state index in [1.165, 1.54) is 12.1 Å². The van der Waals surface area contributed by atoms with Crippen LogP contribution in [0.15, 0.2) is 24.3 Å². The molecule has 2 rings (SSSR count). The molecule has 21 heavy (non-hydrogen) atoms. The molecular formula is C14H15ClF3N3. The first-order valence-corrected chi connectivity index (χ1v) is 6.86. The highest BCUT2D eigenvalue weighted by molar-refractivity contribution is 6.16. The topological polar surface area (TPSA) is 30.7 Å². The van der Waals surface area contributed by atoms with Crippen LogP contribution in [0.1, 0.15) is 32.2 Å². The van der Waals surface area contributed by atoms with Gasteiger partial charge >= 0.3 is 6.18 Å². The lowest BCUT2D eigenvalue weighted by atomic mass is 10.1. The minimum Gasteiger partial charge on any atom is -0.305 e. The fourth-order valence-electron chi connectivity index (χ4n) is 2.10. The molecule has 0 aliphatic heterocycles. The zero-order chi connectivity index (χ0) is 15.8. The van der Waals surface area contributed by atoms with Gasteiger partial charge in [0.1, 0.15) is 5.82 Å². The lowest BCUT2D eigenvalue weighted by Crippen LogP contribution is -2.24. The second kappa shape index (κ2) is 5.33. The molecule has 1 aromatic heterocycles. The van der Waals surface area contributed by atoms with E-state index in [4.69, 9.17) is 11.6 Å². The molecule has 1 heterocycles. The molecule has 0 atom stereocenters. The maximum atomic E-state index is 12.6. The third-order valence-electron chi connectivity index (χ3n) is 2.99. The number of rotatable bonds is 2. The first kappa shape index (κ1) is 15.8. The highest BCUT2D eigenvalue weighted by Gasteiger charge is 2.30. The fourth-order valence-corrected chi connectivity index (χ4v) is 2.28. The van der Waals surface area contributed by atoms with Gasteiger partial charge in [-0.15, -0.1) is 21.8 Å². The minimum absolute atomic E-state index is 0.185. The predicted octanol–water partition coefficient (Wildman–Crippen LogP) is 4.46. The molecule has 114 valence electrons. The van der Waals surface area contributed by atoms with E-state index in [0.717, 1.165) is 12.1 Å². The van der Waals surface area contributed by atoms with E-state index in [1.807, 2.05) is 25.3 Å². The van der Waals surface area contributed by atoms with Gasteiger partial charge in [-0.1, -0.05) is 12.1 Å². The van der Waals surface area contributed by atoms with E-state index >= 15 is 0 Å². The van der Waals surface area contributed by atoms with Crippen molar-refractivity contribution >= 4 is 11.6 Å². The average Bonchev–Trinajstić information content (AvgIpc) is 2.81. The Balaban J connectivity index is 2.50. The van der Waals surface area contributed by atoms with E-state index in [1.54, 1.807) is 0 Å². The molecule has 0 spiro atoms. The van der Waals surface area contributed by atoms with E-state index in [9.17, 15) is 13.2 Å². The third kappa shape index (κ3) is 3.20. The SMILES string of the molecule is CC(C)(C)n1c(CCl)nnc1-c1ccc(C(F)(F)F)cc1. The summed E-state index contributed by atoms with van der Waals surface area (Å²) in [5.74, 6) is 1.27. The fraction of sp³-hybridized carbons (Fsp3) is 0.429. The Bertz CT molecular complexity index is 624. The Labute approximate surface area is 125 Å². The molecular weight excluding hydrogens is 303 g/mol. The van der Waals surface area contributed by atoms with Crippen LogP contribution < -0.4 is 0 Å². The van der Waals surface area contributed by atoms with Crippen molar-refractivity contribution in [1.29, 1.82) is 0 Å². The van der Waals surface area contributed by atoms with Gasteiger partial charge < -0.3 is 4.57 Å². The molecule has 0 aliphatic rings. The van der Waals surface area contributed by atoms with Crippen molar-refractivity contribution in [3.8, 4) is 11.4 Å². The standard InChI is InChI=1S/C14H15ClF3N3/c1-13(2,3)21-11(8-15)19-20-12(21)9-4-6-10(7-5-9)14(16,17)18/h4-7H,8H2,1-3H3. The van der Waals surface area contributed by atoms with Crippen LogP contribution >= 0.6 is 11.6 Å². The Hall–Kier alpha value is -1.56. The van der Waals surface area contributed by atoms with Crippen LogP contribution in [0.3, 0.4) is 0 Å². The first-order valence-electron chi connectivity index (χ1n) is 6.33. The number of benzene rings is 1. The number of nitrogens with zero attached hydrogens (tertiary/aromatic N) is 3. The summed E-state index contributed by atoms with van der Waals surface area (Å²) >= 11 is 5.85. The number of hydrogen-bond acceptors (Lipinski definition) is 2. The van der Waals surface area contributed by atoms with Crippen LogP contribution in [0.25, 0.3) is 11.4 Å². The van der Waals surface area contributed by atoms with Gasteiger partial charge in [0, 0.05) is 11.1 Å². The smallest absolute Gasteiger partial charge is 0.305 e. The lowest BCUT2D eigenvalue weighted by Gasteiger charge is -2.24. The zero-order valence-corrected chi connectivity index (χ0v) is 12.6. The van der Waals surface area contributed by atoms with Crippen molar-refractivity contribution in [3.63, 3.8) is 0 Å². The van der Waals surface area contributed by atoms with Crippen LogP contribution in [0.5, 0.6) is 0 Å². The Morgan fingerprint density at radius 1 is 1.05 bits per heavy atom. The van der Waals surface area contributed by atoms with Crippen molar-refractivity contribution in [2.75, 3.05) is 0 Å². The van der Waals surface area contributed by atoms with Crippen LogP contribution in [-0.4, -0.2) is 14.8 Å². The van der Waals surface area contributed by atoms with Crippen LogP contribution in [0, 0.1) is 0 Å². The van der Waals surface area contributed by atoms with Gasteiger partial charge in [-0.25, -0.2) is 0 Å². The average molecular weight is 318 g/mol. The van der Waals surface area contributed by atoms with E-state index in [-0.39, 0.29) is 11.4 Å². The van der Waals surface area contributed by atoms with Gasteiger partial charge in [-0.05, 0) is 32.9 Å². The molecule has 7 heteroatoms. The summed E-state index contributed by atoms with van der Waals surface area (Å²) in [7, 11) is 0. The monoisotopic (exact) mass is 317 g/mol. The van der Waals surface area contributed by atoms with Gasteiger partial charge in [-0.3, -0.25) is 0 Å². The minimum atomic E-state index is -4.35. The predicted molar refractivity (Wildman–Crippen MR) is 75.0 cm³/mol. The molecule has 3 nitrogen and oxygen atoms in total. The van der Waals surface area contributed by atoms with Crippen molar-refractivity contribution in [1.82, 2.24) is 14.8 Å². The van der Waals surface area contributed by atoms with Crippen LogP contribution in [0.2, 0.25) is 0 Å². The second-order valence-corrected chi connectivity index (χ2v) is 5.92. The molecule has 0 N–H and O–H groups in total. The summed E-state index contributed by atoms with van der Waals surface area (Å²) in [5, 5.41) is 8.07. The number of alkyl halides is 4. The van der Waals surface area contributed by atoms with Crippen LogP contribution in [-0.2, 0) is 17.6 Å². The van der Waals surface area contributed by atoms with Crippen molar-refractivity contribution < 1.29 is 13.2 Å². The van der Waals surface area contributed by atoms with Gasteiger partial charge in [0.05, 0.1) is 11.4 Å². The number of hydrogen-bond donors (Lipinski definition) is 0. The second-order valence-electron chi connectivity index (χ2n) is 5.65. The summed E-state index contributed by atoms with van der Waals surface area (Å²) in [4.78, 5) is 0. The van der Waals surface area contributed by atoms with E-state index < -0.39 is 11.7 Å². The van der Waals surface area contributed by atoms with Crippen LogP contribution in [0.4, 0.5) is 13.2 Å². The summed E-state index contributed by atoms with van der Waals surface area (Å²) in [6.45, 7) is 5.87. The van der Waals surface area contributed by atoms with Gasteiger partial charge in [0.15, 0.2) is 5.82 Å². The molecule has 0 radical (unpaired) electrons. The molecule has 0 unspecified atom stereocenters. The molecule has 0 amide bonds. The zero-order valence-electron chi connectivity index (χ0n) is 11.9. The van der Waals surface area contributed by atoms with E-state index in [2.05, 4.69) is 10.2 Å². The molecule has 1 aromatic carbocycles. The van der Waals surface area contributed by atoms with E-state index in [0.29, 0.717) is 17.2 Å². The van der Waals surface area contributed by atoms with Gasteiger partial charge in [0.25, 0.3) is 0 Å². The quantitative estimate of drug-likeness (QED) is 0.766. The Kier molecular flexibility index (Phi) is 4.02. The Morgan fingerprint density at radius 2 is 1.62 bits per heavy atom. The number of aromatic nitrogens is 3. The molecule has 0 saturated carbocycles. The highest BCUT2D eigenvalue weighted by atomic mass is 35.5. The maximum Gasteiger partial charge on any atom is 0.416 e. The molecule has 0 bridgehead atoms. The van der Waals surface area contributed by atoms with Gasteiger partial charge in [-0.2, -0.15) is 13.2 Å². The third-order valence-corrected chi connectivity index (χ3v) is 3.23. The lowest BCUT2D eigenvalue weighted by molar-refractivity contribution is -0.137. The largest absolute Gasteiger partial charge is 0.416 e. The first-order chi connectivity index (χ1) is 9.64. The normalized spacial score (nSPS) is 12.7. The summed E-state index contributed by atoms with van der Waals surface area (Å²) < 4.78 is 39.6. The maximum absolute atomic E-state index is 12.6. The summed E-state index contributed by atoms with van der Waals surface area (Å²) in [5.41, 5.74) is -0.446.